The minimum Gasteiger partial charge on any atom is -0.428 e. The van der Waals surface area contributed by atoms with E-state index < -0.39 is 11.5 Å². The molecule has 0 amide bonds. The lowest BCUT2D eigenvalue weighted by atomic mass is 10.2. The van der Waals surface area contributed by atoms with Crippen LogP contribution in [0.5, 0.6) is 0 Å². The highest BCUT2D eigenvalue weighted by Crippen LogP contribution is 2.05. The van der Waals surface area contributed by atoms with Gasteiger partial charge in [-0.3, -0.25) is 0 Å². The van der Waals surface area contributed by atoms with E-state index in [1.165, 1.54) is 0 Å². The average Bonchev–Trinajstić information content (AvgIpc) is 2.19. The molecule has 0 fully saturated rings. The maximum atomic E-state index is 11.2. The third-order valence-electron chi connectivity index (χ3n) is 1.32. The molecule has 0 aliphatic carbocycles. The summed E-state index contributed by atoms with van der Waals surface area (Å²) >= 11 is 5.31. The molecule has 0 saturated heterocycles. The number of rotatable bonds is 2. The molecule has 1 aromatic rings. The van der Waals surface area contributed by atoms with Crippen molar-refractivity contribution in [2.75, 3.05) is 0 Å². The maximum absolute atomic E-state index is 11.2. The van der Waals surface area contributed by atoms with Crippen molar-refractivity contribution >= 4 is 17.6 Å². The first-order chi connectivity index (χ1) is 6.24. The average molecular weight is 196 g/mol. The number of ether oxygens (including phenoxy) is 1. The van der Waals surface area contributed by atoms with Gasteiger partial charge in [0.05, 0.1) is 5.56 Å². The summed E-state index contributed by atoms with van der Waals surface area (Å²) in [6.07, 6.45) is 0. The summed E-state index contributed by atoms with van der Waals surface area (Å²) in [6, 6.07) is 9.94. The summed E-state index contributed by atoms with van der Waals surface area (Å²) in [7, 11) is 0. The van der Waals surface area contributed by atoms with Crippen LogP contribution >= 0.6 is 11.6 Å². The number of nitrogens with zero attached hydrogens (tertiary/aromatic N) is 1. The number of hydrogen-bond donors (Lipinski definition) is 0. The van der Waals surface area contributed by atoms with Crippen molar-refractivity contribution in [3.8, 4) is 6.07 Å². The van der Waals surface area contributed by atoms with Crippen LogP contribution in [0.1, 0.15) is 10.4 Å². The Kier molecular flexibility index (Phi) is 3.30. The molecular weight excluding hydrogens is 190 g/mol. The minimum atomic E-state index is -1.23. The number of carbonyl (C=O) groups excluding carboxylic acids is 1. The Morgan fingerprint density at radius 3 is 2.62 bits per heavy atom. The van der Waals surface area contributed by atoms with Crippen LogP contribution in [0.2, 0.25) is 0 Å². The second-order valence-electron chi connectivity index (χ2n) is 2.22. The van der Waals surface area contributed by atoms with Crippen molar-refractivity contribution in [2.45, 2.75) is 5.56 Å². The molecule has 3 nitrogen and oxygen atoms in total. The molecule has 0 aliphatic rings. The van der Waals surface area contributed by atoms with E-state index in [0.717, 1.165) is 0 Å². The van der Waals surface area contributed by atoms with Gasteiger partial charge in [-0.2, -0.15) is 5.26 Å². The molecule has 0 aliphatic heterocycles. The number of halogens is 1. The monoisotopic (exact) mass is 195 g/mol. The number of benzene rings is 1. The van der Waals surface area contributed by atoms with Gasteiger partial charge in [-0.25, -0.2) is 4.79 Å². The lowest BCUT2D eigenvalue weighted by Crippen LogP contribution is -2.10. The van der Waals surface area contributed by atoms with E-state index in [-0.39, 0.29) is 0 Å². The molecule has 1 rings (SSSR count). The van der Waals surface area contributed by atoms with Crippen LogP contribution in [0.4, 0.5) is 0 Å². The third kappa shape index (κ3) is 2.77. The quantitative estimate of drug-likeness (QED) is 0.535. The van der Waals surface area contributed by atoms with Crippen LogP contribution in [0.15, 0.2) is 30.3 Å². The van der Waals surface area contributed by atoms with E-state index in [9.17, 15) is 4.79 Å². The Morgan fingerprint density at radius 1 is 1.46 bits per heavy atom. The van der Waals surface area contributed by atoms with Gasteiger partial charge in [-0.05, 0) is 12.1 Å². The van der Waals surface area contributed by atoms with Crippen LogP contribution in [-0.4, -0.2) is 11.5 Å². The summed E-state index contributed by atoms with van der Waals surface area (Å²) in [6.45, 7) is 0. The molecule has 1 atom stereocenters. The van der Waals surface area contributed by atoms with Crippen molar-refractivity contribution in [1.82, 2.24) is 0 Å². The third-order valence-corrected chi connectivity index (χ3v) is 1.51. The van der Waals surface area contributed by atoms with E-state index >= 15 is 0 Å². The highest BCUT2D eigenvalue weighted by Gasteiger charge is 2.11. The fraction of sp³-hybridized carbons (Fsp3) is 0.111. The smallest absolute Gasteiger partial charge is 0.340 e. The Bertz CT molecular complexity index is 331. The Labute approximate surface area is 80.5 Å². The van der Waals surface area contributed by atoms with Crippen molar-refractivity contribution < 1.29 is 9.53 Å². The van der Waals surface area contributed by atoms with E-state index in [4.69, 9.17) is 16.9 Å². The van der Waals surface area contributed by atoms with Gasteiger partial charge in [0.2, 0.25) is 0 Å². The second-order valence-corrected chi connectivity index (χ2v) is 2.61. The molecule has 0 saturated carbocycles. The Balaban J connectivity index is 2.66. The zero-order chi connectivity index (χ0) is 9.68. The van der Waals surface area contributed by atoms with Gasteiger partial charge in [-0.15, -0.1) is 0 Å². The van der Waals surface area contributed by atoms with Gasteiger partial charge >= 0.3 is 5.97 Å². The van der Waals surface area contributed by atoms with E-state index in [1.54, 1.807) is 36.4 Å². The summed E-state index contributed by atoms with van der Waals surface area (Å²) in [5.74, 6) is -0.595. The van der Waals surface area contributed by atoms with E-state index in [1.807, 2.05) is 0 Å². The van der Waals surface area contributed by atoms with Crippen LogP contribution in [0, 0.1) is 11.3 Å². The molecule has 0 bridgehead atoms. The molecule has 1 unspecified atom stereocenters. The summed E-state index contributed by atoms with van der Waals surface area (Å²) < 4.78 is 4.55. The molecular formula is C9H6ClNO2. The summed E-state index contributed by atoms with van der Waals surface area (Å²) in [5, 5.41) is 8.27. The predicted octanol–water partition coefficient (Wildman–Crippen LogP) is 1.93. The first kappa shape index (κ1) is 9.56. The first-order valence-electron chi connectivity index (χ1n) is 3.54. The highest BCUT2D eigenvalue weighted by atomic mass is 35.5. The van der Waals surface area contributed by atoms with Gasteiger partial charge in [0.15, 0.2) is 0 Å². The van der Waals surface area contributed by atoms with Gasteiger partial charge in [0.1, 0.15) is 6.07 Å². The molecule has 0 heterocycles. The standard InChI is InChI=1S/C9H6ClNO2/c10-8(6-11)13-9(12)7-4-2-1-3-5-7/h1-5,8H. The molecule has 66 valence electrons. The van der Waals surface area contributed by atoms with Crippen molar-refractivity contribution in [3.63, 3.8) is 0 Å². The number of nitriles is 1. The van der Waals surface area contributed by atoms with Gasteiger partial charge in [-0.1, -0.05) is 29.8 Å². The minimum absolute atomic E-state index is 0.378. The molecule has 0 N–H and O–H groups in total. The van der Waals surface area contributed by atoms with Crippen molar-refractivity contribution in [3.05, 3.63) is 35.9 Å². The molecule has 13 heavy (non-hydrogen) atoms. The lowest BCUT2D eigenvalue weighted by Gasteiger charge is -2.02. The topological polar surface area (TPSA) is 50.1 Å². The largest absolute Gasteiger partial charge is 0.428 e. The van der Waals surface area contributed by atoms with Crippen LogP contribution in [0.3, 0.4) is 0 Å². The van der Waals surface area contributed by atoms with Crippen molar-refractivity contribution in [1.29, 1.82) is 5.26 Å². The fourth-order valence-electron chi connectivity index (χ4n) is 0.763. The lowest BCUT2D eigenvalue weighted by molar-refractivity contribution is 0.0510. The normalized spacial score (nSPS) is 11.4. The number of carbonyl (C=O) groups is 1. The number of hydrogen-bond acceptors (Lipinski definition) is 3. The molecule has 1 aromatic carbocycles. The van der Waals surface area contributed by atoms with Crippen LogP contribution < -0.4 is 0 Å². The highest BCUT2D eigenvalue weighted by molar-refractivity contribution is 6.22. The molecule has 0 radical (unpaired) electrons. The van der Waals surface area contributed by atoms with Gasteiger partial charge in [0.25, 0.3) is 5.56 Å². The fourth-order valence-corrected chi connectivity index (χ4v) is 0.844. The zero-order valence-corrected chi connectivity index (χ0v) is 7.36. The summed E-state index contributed by atoms with van der Waals surface area (Å²) in [5.41, 5.74) is -0.851. The van der Waals surface area contributed by atoms with Gasteiger partial charge in [0, 0.05) is 0 Å². The van der Waals surface area contributed by atoms with E-state index in [0.29, 0.717) is 5.56 Å². The van der Waals surface area contributed by atoms with E-state index in [2.05, 4.69) is 4.74 Å². The maximum Gasteiger partial charge on any atom is 0.340 e. The molecule has 0 aromatic heterocycles. The molecule has 4 heteroatoms. The zero-order valence-electron chi connectivity index (χ0n) is 6.61. The Morgan fingerprint density at radius 2 is 2.08 bits per heavy atom. The number of alkyl halides is 1. The van der Waals surface area contributed by atoms with Gasteiger partial charge < -0.3 is 4.74 Å². The Hall–Kier alpha value is -1.53. The SMILES string of the molecule is N#CC(Cl)OC(=O)c1ccccc1. The van der Waals surface area contributed by atoms with Crippen LogP contribution in [-0.2, 0) is 4.74 Å². The predicted molar refractivity (Wildman–Crippen MR) is 47.1 cm³/mol. The second kappa shape index (κ2) is 4.48. The first-order valence-corrected chi connectivity index (χ1v) is 3.97. The van der Waals surface area contributed by atoms with Crippen LogP contribution in [0.25, 0.3) is 0 Å². The summed E-state index contributed by atoms with van der Waals surface area (Å²) in [4.78, 5) is 11.2. The van der Waals surface area contributed by atoms with Crippen molar-refractivity contribution in [2.24, 2.45) is 0 Å². The number of esters is 1. The molecule has 0 spiro atoms.